The first-order valence-corrected chi connectivity index (χ1v) is 4.04. The number of hydrogen-bond donors (Lipinski definition) is 0. The van der Waals surface area contributed by atoms with Crippen molar-refractivity contribution in [1.29, 1.82) is 0 Å². The summed E-state index contributed by atoms with van der Waals surface area (Å²) in [5, 5.41) is 5.10. The maximum absolute atomic E-state index is 5.13. The van der Waals surface area contributed by atoms with E-state index < -0.39 is 0 Å². The summed E-state index contributed by atoms with van der Waals surface area (Å²) in [5.74, 6) is 0.411. The predicted molar refractivity (Wildman–Crippen MR) is 46.9 cm³/mol. The van der Waals surface area contributed by atoms with Crippen molar-refractivity contribution in [3.8, 4) is 0 Å². The molecule has 0 aliphatic carbocycles. The maximum atomic E-state index is 5.13. The van der Waals surface area contributed by atoms with Crippen LogP contribution in [0, 0.1) is 6.07 Å². The molecule has 0 saturated heterocycles. The van der Waals surface area contributed by atoms with Crippen LogP contribution in [0.3, 0.4) is 0 Å². The minimum atomic E-state index is 0. The van der Waals surface area contributed by atoms with Gasteiger partial charge in [0, 0.05) is 32.7 Å². The molecule has 13 heavy (non-hydrogen) atoms. The number of fused-ring (bicyclic) bond motifs is 1. The van der Waals surface area contributed by atoms with Gasteiger partial charge in [-0.25, -0.2) is 0 Å². The van der Waals surface area contributed by atoms with Gasteiger partial charge in [0.2, 0.25) is 0 Å². The zero-order chi connectivity index (χ0) is 8.55. The van der Waals surface area contributed by atoms with Gasteiger partial charge >= 0.3 is 0 Å². The zero-order valence-electron chi connectivity index (χ0n) is 7.74. The quantitative estimate of drug-likeness (QED) is 0.726. The van der Waals surface area contributed by atoms with Crippen LogP contribution in [0.1, 0.15) is 25.5 Å². The van der Waals surface area contributed by atoms with Gasteiger partial charge in [0.05, 0.1) is 11.3 Å². The van der Waals surface area contributed by atoms with E-state index in [4.69, 9.17) is 4.52 Å². The number of aromatic nitrogens is 1. The van der Waals surface area contributed by atoms with Gasteiger partial charge in [-0.1, -0.05) is 24.4 Å². The van der Waals surface area contributed by atoms with Crippen molar-refractivity contribution in [2.24, 2.45) is 0 Å². The maximum Gasteiger partial charge on any atom is 0.0683 e. The van der Waals surface area contributed by atoms with Crippen molar-refractivity contribution < 1.29 is 37.2 Å². The van der Waals surface area contributed by atoms with Crippen LogP contribution in [0.2, 0.25) is 0 Å². The topological polar surface area (TPSA) is 26.0 Å². The van der Waals surface area contributed by atoms with E-state index in [0.29, 0.717) is 5.92 Å². The summed E-state index contributed by atoms with van der Waals surface area (Å²) < 4.78 is 5.13. The Bertz CT molecular complexity index is 394. The smallest absolute Gasteiger partial charge is 0.0683 e. The van der Waals surface area contributed by atoms with Crippen molar-refractivity contribution in [3.63, 3.8) is 0 Å². The third-order valence-corrected chi connectivity index (χ3v) is 1.89. The number of benzene rings is 1. The van der Waals surface area contributed by atoms with Gasteiger partial charge in [-0.2, -0.15) is 18.2 Å². The van der Waals surface area contributed by atoms with E-state index in [2.05, 4.69) is 25.1 Å². The van der Waals surface area contributed by atoms with Crippen molar-refractivity contribution in [1.82, 2.24) is 5.16 Å². The number of nitrogens with zero attached hydrogens (tertiary/aromatic N) is 1. The minimum absolute atomic E-state index is 0. The summed E-state index contributed by atoms with van der Waals surface area (Å²) in [4.78, 5) is 0. The standard InChI is InChI=1S/C10H10NO.Y/c1-7(2)10-8-5-3-4-6-9(8)12-11-10;/h3,5-7H,1-2H3;/q-1;. The Morgan fingerprint density at radius 3 is 2.92 bits per heavy atom. The summed E-state index contributed by atoms with van der Waals surface area (Å²) in [6.45, 7) is 4.21. The normalized spacial score (nSPS) is 10.4. The van der Waals surface area contributed by atoms with Gasteiger partial charge in [-0.15, -0.1) is 6.07 Å². The molecule has 65 valence electrons. The summed E-state index contributed by atoms with van der Waals surface area (Å²) in [5.41, 5.74) is 1.85. The van der Waals surface area contributed by atoms with Crippen LogP contribution in [0.15, 0.2) is 22.7 Å². The molecule has 0 aliphatic rings. The molecule has 0 aliphatic heterocycles. The Labute approximate surface area is 103 Å². The molecule has 1 aromatic carbocycles. The molecule has 0 atom stereocenters. The molecule has 2 aromatic rings. The van der Waals surface area contributed by atoms with E-state index >= 15 is 0 Å². The summed E-state index contributed by atoms with van der Waals surface area (Å²) >= 11 is 0. The Balaban J connectivity index is 0.000000845. The Morgan fingerprint density at radius 2 is 2.23 bits per heavy atom. The fourth-order valence-electron chi connectivity index (χ4n) is 1.27. The second-order valence-corrected chi connectivity index (χ2v) is 3.14. The Hall–Kier alpha value is -0.206. The summed E-state index contributed by atoms with van der Waals surface area (Å²) in [6.07, 6.45) is 0. The molecular formula is C10H10NOY-. The van der Waals surface area contributed by atoms with E-state index in [9.17, 15) is 0 Å². The van der Waals surface area contributed by atoms with Gasteiger partial charge in [-0.3, -0.25) is 0 Å². The van der Waals surface area contributed by atoms with E-state index in [0.717, 1.165) is 16.7 Å². The monoisotopic (exact) mass is 249 g/mol. The van der Waals surface area contributed by atoms with Crippen LogP contribution in [0.25, 0.3) is 11.0 Å². The van der Waals surface area contributed by atoms with Gasteiger partial charge in [0.1, 0.15) is 0 Å². The van der Waals surface area contributed by atoms with Crippen molar-refractivity contribution in [3.05, 3.63) is 30.0 Å². The second kappa shape index (κ2) is 4.34. The zero-order valence-corrected chi connectivity index (χ0v) is 10.6. The molecule has 0 bridgehead atoms. The second-order valence-electron chi connectivity index (χ2n) is 3.14. The average molecular weight is 249 g/mol. The van der Waals surface area contributed by atoms with E-state index in [1.807, 2.05) is 18.2 Å². The first kappa shape index (κ1) is 10.9. The molecule has 1 radical (unpaired) electrons. The van der Waals surface area contributed by atoms with Crippen molar-refractivity contribution >= 4 is 11.0 Å². The van der Waals surface area contributed by atoms with Crippen LogP contribution in [0.5, 0.6) is 0 Å². The van der Waals surface area contributed by atoms with Gasteiger partial charge in [0.25, 0.3) is 0 Å². The molecule has 0 amide bonds. The van der Waals surface area contributed by atoms with Crippen molar-refractivity contribution in [2.75, 3.05) is 0 Å². The molecule has 0 fully saturated rings. The average Bonchev–Trinajstić information content (AvgIpc) is 2.47. The SMILES string of the molecule is CC(C)c1noc2c[c-]ccc12.[Y]. The molecule has 0 spiro atoms. The molecule has 0 N–H and O–H groups in total. The minimum Gasteiger partial charge on any atom is -0.419 e. The molecule has 1 aromatic heterocycles. The number of rotatable bonds is 1. The van der Waals surface area contributed by atoms with Gasteiger partial charge in [0.15, 0.2) is 0 Å². The fraction of sp³-hybridized carbons (Fsp3) is 0.300. The Kier molecular flexibility index (Phi) is 3.63. The molecule has 1 heterocycles. The van der Waals surface area contributed by atoms with E-state index in [-0.39, 0.29) is 32.7 Å². The van der Waals surface area contributed by atoms with Crippen molar-refractivity contribution in [2.45, 2.75) is 19.8 Å². The van der Waals surface area contributed by atoms with Crippen LogP contribution >= 0.6 is 0 Å². The molecule has 0 unspecified atom stereocenters. The Morgan fingerprint density at radius 1 is 1.46 bits per heavy atom. The molecule has 0 saturated carbocycles. The molecule has 2 rings (SSSR count). The summed E-state index contributed by atoms with van der Waals surface area (Å²) in [6, 6.07) is 8.64. The molecule has 2 nitrogen and oxygen atoms in total. The third-order valence-electron chi connectivity index (χ3n) is 1.89. The molecule has 3 heteroatoms. The molecular weight excluding hydrogens is 239 g/mol. The van der Waals surface area contributed by atoms with Gasteiger partial charge in [-0.05, 0) is 5.92 Å². The first-order chi connectivity index (χ1) is 5.79. The number of hydrogen-bond acceptors (Lipinski definition) is 2. The van der Waals surface area contributed by atoms with Crippen LogP contribution in [-0.4, -0.2) is 5.16 Å². The van der Waals surface area contributed by atoms with E-state index in [1.54, 1.807) is 0 Å². The fourth-order valence-corrected chi connectivity index (χ4v) is 1.27. The largest absolute Gasteiger partial charge is 0.419 e. The summed E-state index contributed by atoms with van der Waals surface area (Å²) in [7, 11) is 0. The predicted octanol–water partition coefficient (Wildman–Crippen LogP) is 2.75. The first-order valence-electron chi connectivity index (χ1n) is 4.04. The van der Waals surface area contributed by atoms with Crippen LogP contribution < -0.4 is 0 Å². The van der Waals surface area contributed by atoms with Crippen LogP contribution in [0.4, 0.5) is 0 Å². The third kappa shape index (κ3) is 2.00. The van der Waals surface area contributed by atoms with E-state index in [1.165, 1.54) is 0 Å². The van der Waals surface area contributed by atoms with Gasteiger partial charge < -0.3 is 4.52 Å². The van der Waals surface area contributed by atoms with Crippen LogP contribution in [-0.2, 0) is 32.7 Å².